The van der Waals surface area contributed by atoms with Gasteiger partial charge in [0.15, 0.2) is 0 Å². The van der Waals surface area contributed by atoms with Crippen LogP contribution >= 0.6 is 15.9 Å². The first-order chi connectivity index (χ1) is 5.11. The first-order valence-corrected chi connectivity index (χ1v) is 4.53. The Morgan fingerprint density at radius 2 is 2.00 bits per heavy atom. The van der Waals surface area contributed by atoms with Gasteiger partial charge in [-0.05, 0) is 40.4 Å². The molecule has 11 heavy (non-hydrogen) atoms. The van der Waals surface area contributed by atoms with Crippen molar-refractivity contribution in [3.8, 4) is 0 Å². The highest BCUT2D eigenvalue weighted by Crippen LogP contribution is 2.17. The van der Waals surface area contributed by atoms with Crippen molar-refractivity contribution in [3.63, 3.8) is 0 Å². The van der Waals surface area contributed by atoms with Crippen LogP contribution in [0.25, 0.3) is 0 Å². The molecule has 1 rings (SSSR count). The van der Waals surface area contributed by atoms with Crippen LogP contribution in [0.15, 0.2) is 16.7 Å². The Labute approximate surface area is 76.0 Å². The second-order valence-electron chi connectivity index (χ2n) is 3.00. The molecule has 0 fully saturated rings. The smallest absolute Gasteiger partial charge is 0.109 e. The predicted octanol–water partition coefficient (Wildman–Crippen LogP) is 3.28. The van der Waals surface area contributed by atoms with Crippen molar-refractivity contribution in [3.05, 3.63) is 28.0 Å². The van der Waals surface area contributed by atoms with E-state index in [1.54, 1.807) is 0 Å². The average molecular weight is 214 g/mol. The van der Waals surface area contributed by atoms with Gasteiger partial charge in [-0.2, -0.15) is 0 Å². The van der Waals surface area contributed by atoms with Gasteiger partial charge in [0.25, 0.3) is 0 Å². The normalized spacial score (nSPS) is 10.6. The maximum atomic E-state index is 4.39. The molecule has 0 N–H and O–H groups in total. The summed E-state index contributed by atoms with van der Waals surface area (Å²) in [5, 5.41) is 0. The van der Waals surface area contributed by atoms with E-state index in [9.17, 15) is 0 Å². The molecular weight excluding hydrogens is 202 g/mol. The topological polar surface area (TPSA) is 12.9 Å². The Hall–Kier alpha value is -0.370. The van der Waals surface area contributed by atoms with Crippen LogP contribution in [0.2, 0.25) is 0 Å². The van der Waals surface area contributed by atoms with E-state index in [2.05, 4.69) is 46.9 Å². The molecule has 2 heteroatoms. The van der Waals surface area contributed by atoms with Crippen LogP contribution in [0, 0.1) is 6.92 Å². The molecule has 0 amide bonds. The molecular formula is C9H12BrN. The fourth-order valence-electron chi connectivity index (χ4n) is 0.839. The Morgan fingerprint density at radius 1 is 1.36 bits per heavy atom. The molecule has 0 spiro atoms. The second kappa shape index (κ2) is 3.35. The summed E-state index contributed by atoms with van der Waals surface area (Å²) in [6, 6.07) is 4.16. The Balaban J connectivity index is 3.05. The molecule has 0 aliphatic rings. The van der Waals surface area contributed by atoms with Gasteiger partial charge < -0.3 is 0 Å². The first kappa shape index (κ1) is 8.72. The summed E-state index contributed by atoms with van der Waals surface area (Å²) >= 11 is 3.40. The van der Waals surface area contributed by atoms with Crippen LogP contribution in [-0.4, -0.2) is 4.98 Å². The number of pyridine rings is 1. The molecule has 0 aliphatic carbocycles. The SMILES string of the molecule is Cc1ccc(C(C)C)nc1Br. The lowest BCUT2D eigenvalue weighted by Gasteiger charge is -2.05. The van der Waals surface area contributed by atoms with Gasteiger partial charge in [0, 0.05) is 5.69 Å². The molecule has 1 aromatic rings. The van der Waals surface area contributed by atoms with E-state index in [4.69, 9.17) is 0 Å². The number of hydrogen-bond donors (Lipinski definition) is 0. The van der Waals surface area contributed by atoms with Crippen LogP contribution in [-0.2, 0) is 0 Å². The zero-order valence-electron chi connectivity index (χ0n) is 7.06. The van der Waals surface area contributed by atoms with Crippen molar-refractivity contribution >= 4 is 15.9 Å². The van der Waals surface area contributed by atoms with Crippen LogP contribution < -0.4 is 0 Å². The predicted molar refractivity (Wildman–Crippen MR) is 50.8 cm³/mol. The zero-order valence-corrected chi connectivity index (χ0v) is 8.64. The quantitative estimate of drug-likeness (QED) is 0.653. The molecule has 0 unspecified atom stereocenters. The third kappa shape index (κ3) is 2.03. The van der Waals surface area contributed by atoms with Crippen LogP contribution in [0.4, 0.5) is 0 Å². The number of halogens is 1. The average Bonchev–Trinajstić information content (AvgIpc) is 1.94. The maximum Gasteiger partial charge on any atom is 0.109 e. The lowest BCUT2D eigenvalue weighted by Crippen LogP contribution is -1.93. The Kier molecular flexibility index (Phi) is 2.66. The monoisotopic (exact) mass is 213 g/mol. The molecule has 0 atom stereocenters. The summed E-state index contributed by atoms with van der Waals surface area (Å²) in [5.41, 5.74) is 2.33. The minimum absolute atomic E-state index is 0.506. The molecule has 1 aromatic heterocycles. The van der Waals surface area contributed by atoms with Gasteiger partial charge in [0.05, 0.1) is 0 Å². The molecule has 0 aromatic carbocycles. The van der Waals surface area contributed by atoms with E-state index in [0.29, 0.717) is 5.92 Å². The molecule has 0 saturated heterocycles. The lowest BCUT2D eigenvalue weighted by molar-refractivity contribution is 0.816. The first-order valence-electron chi connectivity index (χ1n) is 3.74. The minimum Gasteiger partial charge on any atom is -0.245 e. The number of aromatic nitrogens is 1. The summed E-state index contributed by atoms with van der Waals surface area (Å²) in [5.74, 6) is 0.506. The Bertz CT molecular complexity index is 256. The van der Waals surface area contributed by atoms with Crippen molar-refractivity contribution in [2.45, 2.75) is 26.7 Å². The van der Waals surface area contributed by atoms with Gasteiger partial charge in [-0.15, -0.1) is 0 Å². The number of nitrogens with zero attached hydrogens (tertiary/aromatic N) is 1. The minimum atomic E-state index is 0.506. The second-order valence-corrected chi connectivity index (χ2v) is 3.75. The van der Waals surface area contributed by atoms with E-state index < -0.39 is 0 Å². The highest BCUT2D eigenvalue weighted by Gasteiger charge is 2.02. The van der Waals surface area contributed by atoms with E-state index in [1.807, 2.05) is 6.92 Å². The molecule has 0 bridgehead atoms. The van der Waals surface area contributed by atoms with Gasteiger partial charge in [-0.1, -0.05) is 19.9 Å². The van der Waals surface area contributed by atoms with E-state index >= 15 is 0 Å². The Morgan fingerprint density at radius 3 is 2.45 bits per heavy atom. The molecule has 0 radical (unpaired) electrons. The van der Waals surface area contributed by atoms with Gasteiger partial charge in [0.2, 0.25) is 0 Å². The maximum absolute atomic E-state index is 4.39. The van der Waals surface area contributed by atoms with Crippen molar-refractivity contribution in [1.82, 2.24) is 4.98 Å². The summed E-state index contributed by atoms with van der Waals surface area (Å²) in [6.45, 7) is 6.33. The van der Waals surface area contributed by atoms with Crippen molar-refractivity contribution in [2.24, 2.45) is 0 Å². The third-order valence-electron chi connectivity index (χ3n) is 1.65. The molecule has 1 nitrogen and oxygen atoms in total. The summed E-state index contributed by atoms with van der Waals surface area (Å²) in [7, 11) is 0. The van der Waals surface area contributed by atoms with Crippen LogP contribution in [0.5, 0.6) is 0 Å². The highest BCUT2D eigenvalue weighted by molar-refractivity contribution is 9.10. The van der Waals surface area contributed by atoms with Crippen LogP contribution in [0.1, 0.15) is 31.0 Å². The number of aryl methyl sites for hydroxylation is 1. The van der Waals surface area contributed by atoms with E-state index in [0.717, 1.165) is 10.3 Å². The number of hydrogen-bond acceptors (Lipinski definition) is 1. The number of rotatable bonds is 1. The van der Waals surface area contributed by atoms with Crippen molar-refractivity contribution in [1.29, 1.82) is 0 Å². The molecule has 1 heterocycles. The largest absolute Gasteiger partial charge is 0.245 e. The van der Waals surface area contributed by atoms with Gasteiger partial charge >= 0.3 is 0 Å². The molecule has 0 saturated carbocycles. The fraction of sp³-hybridized carbons (Fsp3) is 0.444. The fourth-order valence-corrected chi connectivity index (χ4v) is 1.18. The van der Waals surface area contributed by atoms with E-state index in [1.165, 1.54) is 5.56 Å². The van der Waals surface area contributed by atoms with Gasteiger partial charge in [-0.3, -0.25) is 0 Å². The summed E-state index contributed by atoms with van der Waals surface area (Å²) in [6.07, 6.45) is 0. The van der Waals surface area contributed by atoms with Crippen LogP contribution in [0.3, 0.4) is 0 Å². The third-order valence-corrected chi connectivity index (χ3v) is 2.45. The molecule has 0 aliphatic heterocycles. The summed E-state index contributed by atoms with van der Waals surface area (Å²) in [4.78, 5) is 4.39. The standard InChI is InChI=1S/C9H12BrN/c1-6(2)8-5-4-7(3)9(10)11-8/h4-6H,1-3H3. The molecule has 60 valence electrons. The van der Waals surface area contributed by atoms with Gasteiger partial charge in [-0.25, -0.2) is 4.98 Å². The van der Waals surface area contributed by atoms with Crippen molar-refractivity contribution < 1.29 is 0 Å². The summed E-state index contributed by atoms with van der Waals surface area (Å²) < 4.78 is 0.962. The highest BCUT2D eigenvalue weighted by atomic mass is 79.9. The van der Waals surface area contributed by atoms with Crippen molar-refractivity contribution in [2.75, 3.05) is 0 Å². The van der Waals surface area contributed by atoms with Gasteiger partial charge in [0.1, 0.15) is 4.60 Å². The zero-order chi connectivity index (χ0) is 8.43. The van der Waals surface area contributed by atoms with E-state index in [-0.39, 0.29) is 0 Å². The lowest BCUT2D eigenvalue weighted by atomic mass is 10.1.